The van der Waals surface area contributed by atoms with Gasteiger partial charge in [-0.3, -0.25) is 4.79 Å². The maximum absolute atomic E-state index is 12.9. The third-order valence-corrected chi connectivity index (χ3v) is 8.48. The number of carbonyl (C=O) groups is 1. The van der Waals surface area contributed by atoms with Crippen LogP contribution in [0.1, 0.15) is 24.8 Å². The number of thioether (sulfide) groups is 1. The van der Waals surface area contributed by atoms with Gasteiger partial charge in [0, 0.05) is 26.7 Å². The summed E-state index contributed by atoms with van der Waals surface area (Å²) >= 11 is 2.81. The summed E-state index contributed by atoms with van der Waals surface area (Å²) in [6, 6.07) is 6.74. The smallest absolute Gasteiger partial charge is 0.257 e. The molecular weight excluding hydrogens is 442 g/mol. The number of amides is 1. The van der Waals surface area contributed by atoms with Crippen molar-refractivity contribution in [1.29, 1.82) is 0 Å². The molecule has 0 aliphatic carbocycles. The van der Waals surface area contributed by atoms with Gasteiger partial charge < -0.3 is 9.32 Å². The first-order chi connectivity index (χ1) is 14.4. The number of benzene rings is 1. The van der Waals surface area contributed by atoms with E-state index in [0.29, 0.717) is 36.0 Å². The van der Waals surface area contributed by atoms with Crippen molar-refractivity contribution < 1.29 is 17.6 Å². The van der Waals surface area contributed by atoms with Crippen LogP contribution < -0.4 is 0 Å². The monoisotopic (exact) mass is 465 g/mol. The van der Waals surface area contributed by atoms with Crippen LogP contribution in [0, 0.1) is 0 Å². The molecule has 0 spiro atoms. The minimum absolute atomic E-state index is 0.0261. The number of hydrogen-bond donors (Lipinski definition) is 0. The molecule has 3 heterocycles. The molecule has 30 heavy (non-hydrogen) atoms. The third kappa shape index (κ3) is 4.72. The van der Waals surface area contributed by atoms with Crippen molar-refractivity contribution in [3.8, 4) is 0 Å². The molecule has 4 rings (SSSR count). The molecule has 1 aliphatic rings. The lowest BCUT2D eigenvalue weighted by Crippen LogP contribution is -2.35. The summed E-state index contributed by atoms with van der Waals surface area (Å²) in [5, 5.41) is 4.36. The second kappa shape index (κ2) is 9.09. The Bertz CT molecular complexity index is 1120. The van der Waals surface area contributed by atoms with Crippen LogP contribution in [-0.2, 0) is 21.4 Å². The zero-order valence-corrected chi connectivity index (χ0v) is 19.1. The highest BCUT2D eigenvalue weighted by atomic mass is 32.2. The van der Waals surface area contributed by atoms with Crippen LogP contribution in [0.25, 0.3) is 11.1 Å². The van der Waals surface area contributed by atoms with Gasteiger partial charge in [-0.15, -0.1) is 0 Å². The van der Waals surface area contributed by atoms with E-state index in [1.165, 1.54) is 16.1 Å². The van der Waals surface area contributed by atoms with Crippen molar-refractivity contribution in [2.75, 3.05) is 25.9 Å². The number of sulfonamides is 1. The first-order valence-electron chi connectivity index (χ1n) is 9.72. The number of carbonyl (C=O) groups excluding carboxylic acids is 1. The summed E-state index contributed by atoms with van der Waals surface area (Å²) in [5.41, 5.74) is 2.09. The summed E-state index contributed by atoms with van der Waals surface area (Å²) in [7, 11) is -1.75. The topological polar surface area (TPSA) is 83.7 Å². The van der Waals surface area contributed by atoms with Crippen LogP contribution in [0.15, 0.2) is 49.6 Å². The van der Waals surface area contributed by atoms with Crippen molar-refractivity contribution in [1.82, 2.24) is 14.2 Å². The first-order valence-corrected chi connectivity index (χ1v) is 13.1. The van der Waals surface area contributed by atoms with E-state index in [4.69, 9.17) is 4.42 Å². The van der Waals surface area contributed by atoms with Crippen LogP contribution in [0.2, 0.25) is 0 Å². The van der Waals surface area contributed by atoms with Crippen molar-refractivity contribution in [3.05, 3.63) is 40.6 Å². The highest BCUT2D eigenvalue weighted by Crippen LogP contribution is 2.28. The summed E-state index contributed by atoms with van der Waals surface area (Å²) in [6.07, 6.45) is 2.85. The molecule has 1 saturated heterocycles. The van der Waals surface area contributed by atoms with Crippen LogP contribution in [0.4, 0.5) is 0 Å². The first kappa shape index (κ1) is 21.4. The molecule has 0 bridgehead atoms. The molecule has 1 aliphatic heterocycles. The summed E-state index contributed by atoms with van der Waals surface area (Å²) in [5.74, 6) is 0.175. The maximum Gasteiger partial charge on any atom is 0.257 e. The van der Waals surface area contributed by atoms with Crippen LogP contribution in [-0.4, -0.2) is 54.4 Å². The number of hydrogen-bond acceptors (Lipinski definition) is 7. The van der Waals surface area contributed by atoms with Crippen molar-refractivity contribution >= 4 is 50.1 Å². The van der Waals surface area contributed by atoms with Gasteiger partial charge in [-0.05, 0) is 53.4 Å². The molecule has 0 saturated carbocycles. The fourth-order valence-corrected chi connectivity index (χ4v) is 6.32. The molecule has 0 atom stereocenters. The average Bonchev–Trinajstić information content (AvgIpc) is 3.41. The second-order valence-electron chi connectivity index (χ2n) is 7.24. The Balaban J connectivity index is 1.43. The number of nitrogens with zero attached hydrogens (tertiary/aromatic N) is 3. The molecule has 7 nitrogen and oxygen atoms in total. The Morgan fingerprint density at radius 1 is 1.27 bits per heavy atom. The van der Waals surface area contributed by atoms with E-state index in [9.17, 15) is 13.2 Å². The van der Waals surface area contributed by atoms with E-state index in [2.05, 4.69) is 4.98 Å². The quantitative estimate of drug-likeness (QED) is 0.494. The predicted molar refractivity (Wildman–Crippen MR) is 118 cm³/mol. The fraction of sp³-hybridized carbons (Fsp3) is 0.400. The molecule has 3 aromatic rings. The Labute approximate surface area is 184 Å². The largest absolute Gasteiger partial charge is 0.431 e. The number of thiophene rings is 1. The van der Waals surface area contributed by atoms with Crippen LogP contribution >= 0.6 is 23.1 Å². The van der Waals surface area contributed by atoms with Gasteiger partial charge in [0.25, 0.3) is 5.22 Å². The van der Waals surface area contributed by atoms with E-state index < -0.39 is 10.0 Å². The van der Waals surface area contributed by atoms with E-state index >= 15 is 0 Å². The normalized spacial score (nSPS) is 15.5. The van der Waals surface area contributed by atoms with E-state index in [1.54, 1.807) is 41.5 Å². The number of piperidine rings is 1. The summed E-state index contributed by atoms with van der Waals surface area (Å²) < 4.78 is 33.0. The lowest BCUT2D eigenvalue weighted by atomic mass is 10.2. The number of fused-ring (bicyclic) bond motifs is 1. The fourth-order valence-electron chi connectivity index (χ4n) is 3.34. The molecule has 0 N–H and O–H groups in total. The predicted octanol–water partition coefficient (Wildman–Crippen LogP) is 3.81. The molecule has 1 fully saturated rings. The van der Waals surface area contributed by atoms with Gasteiger partial charge in [-0.1, -0.05) is 18.2 Å². The number of rotatable bonds is 7. The van der Waals surface area contributed by atoms with Gasteiger partial charge in [0.2, 0.25) is 15.9 Å². The minimum Gasteiger partial charge on any atom is -0.431 e. The van der Waals surface area contributed by atoms with Crippen molar-refractivity contribution in [2.45, 2.75) is 35.9 Å². The lowest BCUT2D eigenvalue weighted by Gasteiger charge is -2.25. The van der Waals surface area contributed by atoms with Crippen molar-refractivity contribution in [2.24, 2.45) is 0 Å². The van der Waals surface area contributed by atoms with Crippen LogP contribution in [0.3, 0.4) is 0 Å². The molecule has 2 aromatic heterocycles. The minimum atomic E-state index is -3.52. The van der Waals surface area contributed by atoms with Gasteiger partial charge in [0.05, 0.1) is 10.6 Å². The Kier molecular flexibility index (Phi) is 6.47. The molecule has 10 heteroatoms. The molecule has 1 aromatic carbocycles. The maximum atomic E-state index is 12.9. The summed E-state index contributed by atoms with van der Waals surface area (Å²) in [4.78, 5) is 18.7. The molecule has 0 unspecified atom stereocenters. The van der Waals surface area contributed by atoms with E-state index in [0.717, 1.165) is 24.8 Å². The van der Waals surface area contributed by atoms with Gasteiger partial charge in [0.15, 0.2) is 5.58 Å². The van der Waals surface area contributed by atoms with Crippen molar-refractivity contribution in [3.63, 3.8) is 0 Å². The van der Waals surface area contributed by atoms with Gasteiger partial charge in [-0.25, -0.2) is 13.4 Å². The Morgan fingerprint density at radius 3 is 2.80 bits per heavy atom. The highest BCUT2D eigenvalue weighted by molar-refractivity contribution is 7.99. The SMILES string of the molecule is CN(Cc1ccsc1)C(=O)CSc1nc2cc(S(=O)(=O)N3CCCCC3)ccc2o1. The summed E-state index contributed by atoms with van der Waals surface area (Å²) in [6.45, 7) is 1.68. The van der Waals surface area contributed by atoms with Gasteiger partial charge in [0.1, 0.15) is 5.52 Å². The standard InChI is InChI=1S/C20H23N3O4S3/c1-22(12-15-7-10-28-13-15)19(24)14-29-20-21-17-11-16(5-6-18(17)27-20)30(25,26)23-8-3-2-4-9-23/h5-7,10-11,13H,2-4,8-9,12,14H2,1H3. The molecule has 160 valence electrons. The Morgan fingerprint density at radius 2 is 2.07 bits per heavy atom. The molecular formula is C20H23N3O4S3. The van der Waals surface area contributed by atoms with E-state index in [-0.39, 0.29) is 16.6 Å². The molecule has 1 amide bonds. The van der Waals surface area contributed by atoms with Gasteiger partial charge >= 0.3 is 0 Å². The second-order valence-corrected chi connectivity index (χ2v) is 10.9. The zero-order valence-electron chi connectivity index (χ0n) is 16.6. The third-order valence-electron chi connectivity index (χ3n) is 5.04. The van der Waals surface area contributed by atoms with Crippen LogP contribution in [0.5, 0.6) is 0 Å². The van der Waals surface area contributed by atoms with Gasteiger partial charge in [-0.2, -0.15) is 15.6 Å². The number of aromatic nitrogens is 1. The molecule has 0 radical (unpaired) electrons. The number of oxazole rings is 1. The Hall–Kier alpha value is -1.88. The lowest BCUT2D eigenvalue weighted by molar-refractivity contribution is -0.127. The zero-order chi connectivity index (χ0) is 21.1. The highest BCUT2D eigenvalue weighted by Gasteiger charge is 2.26. The average molecular weight is 466 g/mol. The van der Waals surface area contributed by atoms with E-state index in [1.807, 2.05) is 16.8 Å².